The van der Waals surface area contributed by atoms with E-state index in [2.05, 4.69) is 27.6 Å². The number of nitrogens with zero attached hydrogens (tertiary/aromatic N) is 1. The maximum Gasteiger partial charge on any atom is 0.240 e. The van der Waals surface area contributed by atoms with Crippen molar-refractivity contribution >= 4 is 46.1 Å². The Kier molecular flexibility index (Phi) is 5.72. The molecule has 24 heavy (non-hydrogen) atoms. The molecule has 3 rings (SSSR count). The first-order chi connectivity index (χ1) is 11.8. The van der Waals surface area contributed by atoms with E-state index in [0.717, 1.165) is 23.9 Å². The number of hydrazone groups is 1. The minimum absolute atomic E-state index is 0.0491. The van der Waals surface area contributed by atoms with Gasteiger partial charge < -0.3 is 4.98 Å². The standard InChI is InChI=1S/C18H19N3OS2/c1-23-18-14(9-10-24-18)12-20-21-17(22)8-4-5-13-11-19-16-7-3-2-6-15(13)16/h2-3,6-7,9-12,19H,4-5,8H2,1H3,(H,21,22)/b20-12-. The molecule has 1 aromatic carbocycles. The highest BCUT2D eigenvalue weighted by molar-refractivity contribution is 8.00. The van der Waals surface area contributed by atoms with E-state index < -0.39 is 0 Å². The smallest absolute Gasteiger partial charge is 0.240 e. The number of aromatic amines is 1. The van der Waals surface area contributed by atoms with Crippen molar-refractivity contribution in [2.24, 2.45) is 5.10 Å². The molecule has 0 fully saturated rings. The van der Waals surface area contributed by atoms with Crippen LogP contribution in [0.4, 0.5) is 0 Å². The number of rotatable bonds is 7. The van der Waals surface area contributed by atoms with Gasteiger partial charge in [0, 0.05) is 29.1 Å². The van der Waals surface area contributed by atoms with E-state index in [4.69, 9.17) is 0 Å². The normalized spacial score (nSPS) is 11.4. The molecule has 2 heterocycles. The van der Waals surface area contributed by atoms with Crippen LogP contribution >= 0.6 is 23.1 Å². The Morgan fingerprint density at radius 2 is 2.25 bits per heavy atom. The summed E-state index contributed by atoms with van der Waals surface area (Å²) < 4.78 is 1.20. The van der Waals surface area contributed by atoms with Gasteiger partial charge in [-0.05, 0) is 42.2 Å². The van der Waals surface area contributed by atoms with E-state index in [1.54, 1.807) is 29.3 Å². The third-order valence-corrected chi connectivity index (χ3v) is 5.88. The molecule has 0 aliphatic heterocycles. The number of H-pyrrole nitrogens is 1. The number of carbonyl (C=O) groups excluding carboxylic acids is 1. The molecule has 0 aliphatic carbocycles. The van der Waals surface area contributed by atoms with Crippen LogP contribution in [0.5, 0.6) is 0 Å². The predicted octanol–water partition coefficient (Wildman–Crippen LogP) is 4.42. The van der Waals surface area contributed by atoms with Gasteiger partial charge in [0.2, 0.25) is 5.91 Å². The van der Waals surface area contributed by atoms with Crippen LogP contribution in [0.25, 0.3) is 10.9 Å². The van der Waals surface area contributed by atoms with Crippen molar-refractivity contribution in [1.29, 1.82) is 0 Å². The molecule has 2 aromatic heterocycles. The highest BCUT2D eigenvalue weighted by Crippen LogP contribution is 2.25. The van der Waals surface area contributed by atoms with Crippen LogP contribution in [0.1, 0.15) is 24.0 Å². The van der Waals surface area contributed by atoms with Gasteiger partial charge in [0.15, 0.2) is 0 Å². The summed E-state index contributed by atoms with van der Waals surface area (Å²) in [5, 5.41) is 7.31. The molecular weight excluding hydrogens is 338 g/mol. The van der Waals surface area contributed by atoms with Gasteiger partial charge >= 0.3 is 0 Å². The van der Waals surface area contributed by atoms with Crippen molar-refractivity contribution in [2.75, 3.05) is 6.26 Å². The molecule has 0 radical (unpaired) electrons. The molecule has 3 aromatic rings. The number of hydrogen-bond donors (Lipinski definition) is 2. The number of thiophene rings is 1. The summed E-state index contributed by atoms with van der Waals surface area (Å²) in [7, 11) is 0. The van der Waals surface area contributed by atoms with Crippen molar-refractivity contribution < 1.29 is 4.79 Å². The van der Waals surface area contributed by atoms with Crippen molar-refractivity contribution in [2.45, 2.75) is 23.5 Å². The molecule has 1 amide bonds. The van der Waals surface area contributed by atoms with E-state index >= 15 is 0 Å². The van der Waals surface area contributed by atoms with Crippen molar-refractivity contribution in [3.8, 4) is 0 Å². The molecule has 0 atom stereocenters. The molecule has 6 heteroatoms. The zero-order valence-corrected chi connectivity index (χ0v) is 15.0. The lowest BCUT2D eigenvalue weighted by Crippen LogP contribution is -2.17. The van der Waals surface area contributed by atoms with E-state index in [-0.39, 0.29) is 5.91 Å². The van der Waals surface area contributed by atoms with Crippen LogP contribution in [0.15, 0.2) is 51.2 Å². The van der Waals surface area contributed by atoms with Crippen LogP contribution in [0, 0.1) is 0 Å². The number of hydrogen-bond acceptors (Lipinski definition) is 4. The summed E-state index contributed by atoms with van der Waals surface area (Å²) in [6.07, 6.45) is 7.92. The molecule has 2 N–H and O–H groups in total. The molecule has 4 nitrogen and oxygen atoms in total. The lowest BCUT2D eigenvalue weighted by molar-refractivity contribution is -0.121. The van der Waals surface area contributed by atoms with E-state index in [0.29, 0.717) is 6.42 Å². The van der Waals surface area contributed by atoms with Crippen LogP contribution in [0.2, 0.25) is 0 Å². The summed E-state index contributed by atoms with van der Waals surface area (Å²) in [6, 6.07) is 10.2. The molecule has 0 saturated heterocycles. The topological polar surface area (TPSA) is 57.2 Å². The minimum Gasteiger partial charge on any atom is -0.361 e. The van der Waals surface area contributed by atoms with Crippen LogP contribution < -0.4 is 5.43 Å². The van der Waals surface area contributed by atoms with Gasteiger partial charge in [0.05, 0.1) is 10.4 Å². The first-order valence-corrected chi connectivity index (χ1v) is 9.87. The zero-order valence-electron chi connectivity index (χ0n) is 13.4. The Bertz CT molecular complexity index is 851. The van der Waals surface area contributed by atoms with Gasteiger partial charge in [0.1, 0.15) is 0 Å². The molecule has 0 aliphatic rings. The molecule has 124 valence electrons. The van der Waals surface area contributed by atoms with E-state index in [1.165, 1.54) is 15.2 Å². The Labute approximate surface area is 149 Å². The fourth-order valence-electron chi connectivity index (χ4n) is 2.57. The fourth-order valence-corrected chi connectivity index (χ4v) is 4.08. The number of thioether (sulfide) groups is 1. The molecular formula is C18H19N3OS2. The number of nitrogens with one attached hydrogen (secondary N) is 2. The summed E-state index contributed by atoms with van der Waals surface area (Å²) >= 11 is 3.36. The minimum atomic E-state index is -0.0491. The number of aryl methyl sites for hydroxylation is 1. The van der Waals surface area contributed by atoms with Crippen molar-refractivity contribution in [3.05, 3.63) is 53.0 Å². The monoisotopic (exact) mass is 357 g/mol. The highest BCUT2D eigenvalue weighted by Gasteiger charge is 2.05. The largest absolute Gasteiger partial charge is 0.361 e. The zero-order chi connectivity index (χ0) is 16.8. The van der Waals surface area contributed by atoms with Crippen LogP contribution in [-0.4, -0.2) is 23.4 Å². The Morgan fingerprint density at radius 1 is 1.38 bits per heavy atom. The third kappa shape index (κ3) is 4.07. The Hall–Kier alpha value is -2.05. The Morgan fingerprint density at radius 3 is 3.12 bits per heavy atom. The predicted molar refractivity (Wildman–Crippen MR) is 103 cm³/mol. The van der Waals surface area contributed by atoms with Crippen LogP contribution in [0.3, 0.4) is 0 Å². The van der Waals surface area contributed by atoms with Crippen LogP contribution in [-0.2, 0) is 11.2 Å². The van der Waals surface area contributed by atoms with Gasteiger partial charge in [-0.25, -0.2) is 5.43 Å². The lowest BCUT2D eigenvalue weighted by Gasteiger charge is -2.00. The second kappa shape index (κ2) is 8.17. The molecule has 0 spiro atoms. The summed E-state index contributed by atoms with van der Waals surface area (Å²) in [6.45, 7) is 0. The number of para-hydroxylation sites is 1. The van der Waals surface area contributed by atoms with Gasteiger partial charge in [-0.15, -0.1) is 23.1 Å². The fraction of sp³-hybridized carbons (Fsp3) is 0.222. The summed E-state index contributed by atoms with van der Waals surface area (Å²) in [5.74, 6) is -0.0491. The van der Waals surface area contributed by atoms with Gasteiger partial charge in [0.25, 0.3) is 0 Å². The lowest BCUT2D eigenvalue weighted by atomic mass is 10.1. The maximum atomic E-state index is 11.9. The first kappa shape index (κ1) is 16.8. The number of fused-ring (bicyclic) bond motifs is 1. The van der Waals surface area contributed by atoms with E-state index in [1.807, 2.05) is 36.0 Å². The average Bonchev–Trinajstić information content (AvgIpc) is 3.22. The van der Waals surface area contributed by atoms with Gasteiger partial charge in [-0.3, -0.25) is 4.79 Å². The maximum absolute atomic E-state index is 11.9. The SMILES string of the molecule is CSc1sccc1/C=N\NC(=O)CCCc1c[nH]c2ccccc12. The van der Waals surface area contributed by atoms with Crippen molar-refractivity contribution in [1.82, 2.24) is 10.4 Å². The number of aromatic nitrogens is 1. The molecule has 0 saturated carbocycles. The highest BCUT2D eigenvalue weighted by atomic mass is 32.2. The number of benzene rings is 1. The Balaban J connectivity index is 1.46. The van der Waals surface area contributed by atoms with E-state index in [9.17, 15) is 4.79 Å². The van der Waals surface area contributed by atoms with Gasteiger partial charge in [-0.2, -0.15) is 5.10 Å². The van der Waals surface area contributed by atoms with Crippen molar-refractivity contribution in [3.63, 3.8) is 0 Å². The summed E-state index contributed by atoms with van der Waals surface area (Å²) in [4.78, 5) is 15.1. The number of carbonyl (C=O) groups is 1. The number of amides is 1. The molecule has 0 unspecified atom stereocenters. The third-order valence-electron chi connectivity index (χ3n) is 3.76. The summed E-state index contributed by atoms with van der Waals surface area (Å²) in [5.41, 5.74) is 6.05. The van der Waals surface area contributed by atoms with Gasteiger partial charge in [-0.1, -0.05) is 18.2 Å². The average molecular weight is 358 g/mol. The quantitative estimate of drug-likeness (QED) is 0.373. The second-order valence-electron chi connectivity index (χ2n) is 5.37. The second-order valence-corrected chi connectivity index (χ2v) is 7.36. The molecule has 0 bridgehead atoms. The first-order valence-electron chi connectivity index (χ1n) is 7.76.